The Kier molecular flexibility index (Phi) is 6.11. The molecule has 1 atom stereocenters. The normalized spacial score (nSPS) is 19.9. The number of nitrogens with zero attached hydrogens (tertiary/aromatic N) is 1. The maximum Gasteiger partial charge on any atom is 0.187 e. The number of ether oxygens (including phenoxy) is 2. The maximum absolute atomic E-state index is 13.4. The lowest BCUT2D eigenvalue weighted by atomic mass is 9.83. The van der Waals surface area contributed by atoms with E-state index in [9.17, 15) is 14.3 Å². The van der Waals surface area contributed by atoms with Crippen LogP contribution in [0.2, 0.25) is 0 Å². The first-order chi connectivity index (χ1) is 16.4. The number of hydrogen-bond acceptors (Lipinski definition) is 5. The molecule has 0 bridgehead atoms. The summed E-state index contributed by atoms with van der Waals surface area (Å²) in [6.07, 6.45) is 0.946. The number of rotatable bonds is 5. The van der Waals surface area contributed by atoms with Crippen LogP contribution in [0.25, 0.3) is 0 Å². The molecule has 1 unspecified atom stereocenters. The van der Waals surface area contributed by atoms with E-state index >= 15 is 0 Å². The number of aryl methyl sites for hydroxylation is 1. The van der Waals surface area contributed by atoms with Gasteiger partial charge in [0.15, 0.2) is 5.78 Å². The van der Waals surface area contributed by atoms with Crippen molar-refractivity contribution in [1.82, 2.24) is 4.90 Å². The number of hydrogen-bond donors (Lipinski definition) is 1. The number of ketones is 1. The van der Waals surface area contributed by atoms with Crippen molar-refractivity contribution in [3.05, 3.63) is 94.8 Å². The fourth-order valence-corrected chi connectivity index (χ4v) is 4.82. The summed E-state index contributed by atoms with van der Waals surface area (Å²) in [6, 6.07) is 19.2. The van der Waals surface area contributed by atoms with E-state index in [1.54, 1.807) is 12.1 Å². The summed E-state index contributed by atoms with van der Waals surface area (Å²) in [5.41, 5.74) is 2.23. The van der Waals surface area contributed by atoms with Gasteiger partial charge in [-0.1, -0.05) is 42.5 Å². The Morgan fingerprint density at radius 2 is 1.79 bits per heavy atom. The van der Waals surface area contributed by atoms with E-state index in [1.807, 2.05) is 49.4 Å². The van der Waals surface area contributed by atoms with Crippen LogP contribution in [0.4, 0.5) is 4.39 Å². The predicted molar refractivity (Wildman–Crippen MR) is 127 cm³/mol. The van der Waals surface area contributed by atoms with Crippen molar-refractivity contribution < 1.29 is 23.8 Å². The minimum atomic E-state index is -1.01. The van der Waals surface area contributed by atoms with Crippen LogP contribution in [0.15, 0.2) is 66.7 Å². The van der Waals surface area contributed by atoms with Crippen LogP contribution < -0.4 is 9.47 Å². The van der Waals surface area contributed by atoms with Crippen molar-refractivity contribution in [2.75, 3.05) is 19.7 Å². The third-order valence-corrected chi connectivity index (χ3v) is 6.93. The van der Waals surface area contributed by atoms with Crippen molar-refractivity contribution in [3.63, 3.8) is 0 Å². The average Bonchev–Trinajstić information content (AvgIpc) is 2.85. The zero-order valence-electron chi connectivity index (χ0n) is 19.2. The maximum atomic E-state index is 13.4. The van der Waals surface area contributed by atoms with Crippen LogP contribution in [0, 0.1) is 12.7 Å². The first kappa shape index (κ1) is 22.6. The summed E-state index contributed by atoms with van der Waals surface area (Å²) in [7, 11) is 0. The van der Waals surface area contributed by atoms with Gasteiger partial charge in [0.2, 0.25) is 0 Å². The molecular formula is C28H28FNO4. The predicted octanol–water partition coefficient (Wildman–Crippen LogP) is 4.64. The molecule has 0 spiro atoms. The number of piperidine rings is 1. The zero-order chi connectivity index (χ0) is 23.7. The second kappa shape index (κ2) is 9.20. The smallest absolute Gasteiger partial charge is 0.187 e. The number of fused-ring (bicyclic) bond motifs is 1. The standard InChI is InChI=1S/C28H28FNO4/c1-19-15-23-26(16-25(19)33-17-20-5-3-2-4-6-20)34-18-24(27(23)31)30-13-11-28(32,12-14-30)21-7-9-22(29)10-8-21/h2-10,15-16,24,32H,11-14,17-18H2,1H3. The highest BCUT2D eigenvalue weighted by atomic mass is 19.1. The molecule has 1 fully saturated rings. The molecule has 5 nitrogen and oxygen atoms in total. The lowest BCUT2D eigenvalue weighted by molar-refractivity contribution is -0.0380. The lowest BCUT2D eigenvalue weighted by Gasteiger charge is -2.42. The Morgan fingerprint density at radius 3 is 2.50 bits per heavy atom. The molecule has 3 aromatic carbocycles. The van der Waals surface area contributed by atoms with Gasteiger partial charge < -0.3 is 14.6 Å². The van der Waals surface area contributed by atoms with Crippen LogP contribution >= 0.6 is 0 Å². The number of carbonyl (C=O) groups excluding carboxylic acids is 1. The van der Waals surface area contributed by atoms with E-state index in [4.69, 9.17) is 9.47 Å². The molecule has 2 aliphatic rings. The summed E-state index contributed by atoms with van der Waals surface area (Å²) in [4.78, 5) is 15.4. The van der Waals surface area contributed by atoms with E-state index < -0.39 is 5.60 Å². The van der Waals surface area contributed by atoms with Crippen LogP contribution in [-0.4, -0.2) is 41.5 Å². The van der Waals surface area contributed by atoms with Gasteiger partial charge >= 0.3 is 0 Å². The quantitative estimate of drug-likeness (QED) is 0.600. The Labute approximate surface area is 198 Å². The molecule has 34 heavy (non-hydrogen) atoms. The average molecular weight is 462 g/mol. The number of likely N-dealkylation sites (tertiary alicyclic amines) is 1. The molecule has 6 heteroatoms. The molecule has 2 aliphatic heterocycles. The summed E-state index contributed by atoms with van der Waals surface area (Å²) < 4.78 is 25.3. The number of aliphatic hydroxyl groups is 1. The van der Waals surface area contributed by atoms with E-state index in [0.717, 1.165) is 11.1 Å². The van der Waals surface area contributed by atoms with Gasteiger partial charge in [0.05, 0.1) is 11.2 Å². The second-order valence-electron chi connectivity index (χ2n) is 9.15. The highest BCUT2D eigenvalue weighted by molar-refractivity contribution is 6.03. The summed E-state index contributed by atoms with van der Waals surface area (Å²) in [5, 5.41) is 11.1. The molecule has 3 aromatic rings. The van der Waals surface area contributed by atoms with E-state index in [0.29, 0.717) is 55.2 Å². The molecule has 1 N–H and O–H groups in total. The monoisotopic (exact) mass is 461 g/mol. The van der Waals surface area contributed by atoms with Gasteiger partial charge in [0.25, 0.3) is 0 Å². The van der Waals surface area contributed by atoms with Crippen LogP contribution in [0.5, 0.6) is 11.5 Å². The van der Waals surface area contributed by atoms with Crippen molar-refractivity contribution >= 4 is 5.78 Å². The van der Waals surface area contributed by atoms with Crippen molar-refractivity contribution in [1.29, 1.82) is 0 Å². The van der Waals surface area contributed by atoms with Gasteiger partial charge in [-0.15, -0.1) is 0 Å². The van der Waals surface area contributed by atoms with Gasteiger partial charge in [-0.3, -0.25) is 9.69 Å². The highest BCUT2D eigenvalue weighted by Crippen LogP contribution is 2.37. The van der Waals surface area contributed by atoms with Gasteiger partial charge in [-0.2, -0.15) is 0 Å². The van der Waals surface area contributed by atoms with E-state index in [1.165, 1.54) is 12.1 Å². The number of Topliss-reactive ketones (excluding diaryl/α,β-unsaturated/α-hetero) is 1. The molecule has 5 rings (SSSR count). The Bertz CT molecular complexity index is 1170. The van der Waals surface area contributed by atoms with E-state index in [-0.39, 0.29) is 24.2 Å². The number of carbonyl (C=O) groups is 1. The molecule has 2 heterocycles. The largest absolute Gasteiger partial charge is 0.491 e. The molecule has 0 saturated carbocycles. The fourth-order valence-electron chi connectivity index (χ4n) is 4.82. The Balaban J connectivity index is 1.26. The molecule has 176 valence electrons. The first-order valence-electron chi connectivity index (χ1n) is 11.6. The minimum absolute atomic E-state index is 0.0335. The van der Waals surface area contributed by atoms with E-state index in [2.05, 4.69) is 4.90 Å². The van der Waals surface area contributed by atoms with Crippen LogP contribution in [0.3, 0.4) is 0 Å². The zero-order valence-corrected chi connectivity index (χ0v) is 19.2. The SMILES string of the molecule is Cc1cc2c(cc1OCc1ccccc1)OCC(N1CCC(O)(c3ccc(F)cc3)CC1)C2=O. The summed E-state index contributed by atoms with van der Waals surface area (Å²) in [5.74, 6) is 0.967. The third-order valence-electron chi connectivity index (χ3n) is 6.93. The first-order valence-corrected chi connectivity index (χ1v) is 11.6. The van der Waals surface area contributed by atoms with Crippen molar-refractivity contribution in [2.45, 2.75) is 38.0 Å². The molecule has 1 saturated heterocycles. The van der Waals surface area contributed by atoms with Crippen molar-refractivity contribution in [3.8, 4) is 11.5 Å². The van der Waals surface area contributed by atoms with Crippen molar-refractivity contribution in [2.24, 2.45) is 0 Å². The lowest BCUT2D eigenvalue weighted by Crippen LogP contribution is -2.53. The number of benzene rings is 3. The van der Waals surface area contributed by atoms with Gasteiger partial charge in [-0.05, 0) is 54.7 Å². The molecule has 0 radical (unpaired) electrons. The topological polar surface area (TPSA) is 59.0 Å². The third kappa shape index (κ3) is 4.43. The molecule has 0 amide bonds. The second-order valence-corrected chi connectivity index (χ2v) is 9.15. The van der Waals surface area contributed by atoms with Crippen LogP contribution in [0.1, 0.15) is 39.9 Å². The van der Waals surface area contributed by atoms with Crippen LogP contribution in [-0.2, 0) is 12.2 Å². The summed E-state index contributed by atoms with van der Waals surface area (Å²) in [6.45, 7) is 3.76. The Hall–Kier alpha value is -3.22. The molecule has 0 aromatic heterocycles. The number of halogens is 1. The molecule has 0 aliphatic carbocycles. The fraction of sp³-hybridized carbons (Fsp3) is 0.321. The molecular weight excluding hydrogens is 433 g/mol. The van der Waals surface area contributed by atoms with Gasteiger partial charge in [0, 0.05) is 19.2 Å². The highest BCUT2D eigenvalue weighted by Gasteiger charge is 2.40. The summed E-state index contributed by atoms with van der Waals surface area (Å²) >= 11 is 0. The van der Waals surface area contributed by atoms with Gasteiger partial charge in [0.1, 0.15) is 36.6 Å². The Morgan fingerprint density at radius 1 is 1.09 bits per heavy atom. The minimum Gasteiger partial charge on any atom is -0.491 e. The van der Waals surface area contributed by atoms with Gasteiger partial charge in [-0.25, -0.2) is 4.39 Å².